The zero-order valence-electron chi connectivity index (χ0n) is 13.8. The van der Waals surface area contributed by atoms with Gasteiger partial charge in [-0.2, -0.15) is 0 Å². The Labute approximate surface area is 151 Å². The molecule has 0 N–H and O–H groups in total. The van der Waals surface area contributed by atoms with E-state index in [0.29, 0.717) is 12.5 Å². The number of carbonyl (C=O) groups excluding carboxylic acids is 1. The van der Waals surface area contributed by atoms with Crippen molar-refractivity contribution in [1.82, 2.24) is 14.9 Å². The van der Waals surface area contributed by atoms with Gasteiger partial charge >= 0.3 is 0 Å². The third-order valence-corrected chi connectivity index (χ3v) is 5.46. The lowest BCUT2D eigenvalue weighted by atomic mass is 9.94. The minimum Gasteiger partial charge on any atom is -0.339 e. The van der Waals surface area contributed by atoms with E-state index >= 15 is 0 Å². The molecule has 5 heteroatoms. The van der Waals surface area contributed by atoms with Crippen LogP contribution in [0.5, 0.6) is 0 Å². The number of hydrogen-bond donors (Lipinski definition) is 0. The van der Waals surface area contributed by atoms with Crippen LogP contribution in [0.3, 0.4) is 0 Å². The predicted octanol–water partition coefficient (Wildman–Crippen LogP) is 3.59. The van der Waals surface area contributed by atoms with Gasteiger partial charge in [0.2, 0.25) is 5.91 Å². The van der Waals surface area contributed by atoms with Gasteiger partial charge in [0.25, 0.3) is 0 Å². The van der Waals surface area contributed by atoms with E-state index in [9.17, 15) is 4.79 Å². The number of aromatic nitrogens is 2. The lowest BCUT2D eigenvalue weighted by Gasteiger charge is -2.41. The number of benzene rings is 1. The first kappa shape index (κ1) is 16.0. The molecule has 1 aromatic carbocycles. The Kier molecular flexibility index (Phi) is 4.57. The Balaban J connectivity index is 1.38. The van der Waals surface area contributed by atoms with E-state index in [1.54, 1.807) is 17.5 Å². The summed E-state index contributed by atoms with van der Waals surface area (Å²) in [5.41, 5.74) is 2.98. The molecule has 2 aromatic heterocycles. The summed E-state index contributed by atoms with van der Waals surface area (Å²) in [7, 11) is 0. The van der Waals surface area contributed by atoms with Gasteiger partial charge in [0.15, 0.2) is 0 Å². The Hall–Kier alpha value is -2.53. The third-order valence-electron chi connectivity index (χ3n) is 4.55. The fraction of sp³-hybridized carbons (Fsp3) is 0.250. The molecule has 1 atom stereocenters. The molecule has 1 unspecified atom stereocenters. The molecule has 3 heterocycles. The molecule has 126 valence electrons. The first-order valence-electron chi connectivity index (χ1n) is 8.49. The van der Waals surface area contributed by atoms with Gasteiger partial charge in [-0.15, -0.1) is 11.3 Å². The van der Waals surface area contributed by atoms with Gasteiger partial charge < -0.3 is 4.90 Å². The fourth-order valence-electron chi connectivity index (χ4n) is 3.12. The number of likely N-dealkylation sites (tertiary alicyclic amines) is 1. The molecule has 4 rings (SSSR count). The van der Waals surface area contributed by atoms with Gasteiger partial charge in [-0.1, -0.05) is 36.4 Å². The van der Waals surface area contributed by atoms with E-state index in [2.05, 4.69) is 34.2 Å². The van der Waals surface area contributed by atoms with Gasteiger partial charge in [-0.3, -0.25) is 9.78 Å². The van der Waals surface area contributed by atoms with Crippen molar-refractivity contribution in [1.29, 1.82) is 0 Å². The lowest BCUT2D eigenvalue weighted by Crippen LogP contribution is -2.52. The molecule has 1 amide bonds. The molecule has 1 aliphatic rings. The molecule has 1 aliphatic heterocycles. The Bertz CT molecular complexity index is 848. The molecule has 1 fully saturated rings. The first-order valence-corrected chi connectivity index (χ1v) is 9.37. The van der Waals surface area contributed by atoms with Crippen LogP contribution in [0.1, 0.15) is 17.7 Å². The van der Waals surface area contributed by atoms with Gasteiger partial charge in [-0.25, -0.2) is 4.98 Å². The summed E-state index contributed by atoms with van der Waals surface area (Å²) in [6.07, 6.45) is 4.14. The van der Waals surface area contributed by atoms with Gasteiger partial charge in [0.05, 0.1) is 17.8 Å². The second kappa shape index (κ2) is 7.15. The molecule has 4 nitrogen and oxygen atoms in total. The SMILES string of the molecule is O=C(Cc1csc(-c2ccccn2)n1)N1CCC1Cc1ccccc1. The van der Waals surface area contributed by atoms with Gasteiger partial charge in [0.1, 0.15) is 5.01 Å². The predicted molar refractivity (Wildman–Crippen MR) is 99.3 cm³/mol. The summed E-state index contributed by atoms with van der Waals surface area (Å²) in [6, 6.07) is 16.5. The molecular weight excluding hydrogens is 330 g/mol. The van der Waals surface area contributed by atoms with Crippen molar-refractivity contribution in [2.75, 3.05) is 6.54 Å². The van der Waals surface area contributed by atoms with Crippen molar-refractivity contribution >= 4 is 17.2 Å². The maximum atomic E-state index is 12.6. The van der Waals surface area contributed by atoms with E-state index in [-0.39, 0.29) is 5.91 Å². The fourth-order valence-corrected chi connectivity index (χ4v) is 3.91. The topological polar surface area (TPSA) is 46.1 Å². The van der Waals surface area contributed by atoms with Gasteiger partial charge in [-0.05, 0) is 30.5 Å². The maximum Gasteiger partial charge on any atom is 0.228 e. The second-order valence-corrected chi connectivity index (χ2v) is 7.11. The number of nitrogens with zero attached hydrogens (tertiary/aromatic N) is 3. The van der Waals surface area contributed by atoms with Crippen LogP contribution in [0.15, 0.2) is 60.1 Å². The average molecular weight is 349 g/mol. The molecule has 0 aliphatic carbocycles. The number of thiazole rings is 1. The molecule has 0 bridgehead atoms. The summed E-state index contributed by atoms with van der Waals surface area (Å²) in [6.45, 7) is 0.855. The standard InChI is InChI=1S/C20H19N3OS/c24-19(23-11-9-17(23)12-15-6-2-1-3-7-15)13-16-14-25-20(22-16)18-8-4-5-10-21-18/h1-8,10,14,17H,9,11-13H2. The van der Waals surface area contributed by atoms with Crippen molar-refractivity contribution in [3.8, 4) is 10.7 Å². The highest BCUT2D eigenvalue weighted by Crippen LogP contribution is 2.25. The number of hydrogen-bond acceptors (Lipinski definition) is 4. The number of pyridine rings is 1. The van der Waals surface area contributed by atoms with Crippen molar-refractivity contribution in [3.05, 3.63) is 71.4 Å². The molecule has 1 saturated heterocycles. The Morgan fingerprint density at radius 2 is 2.00 bits per heavy atom. The summed E-state index contributed by atoms with van der Waals surface area (Å²) in [5, 5.41) is 2.83. The van der Waals surface area contributed by atoms with Crippen LogP contribution in [0.4, 0.5) is 0 Å². The monoisotopic (exact) mass is 349 g/mol. The Morgan fingerprint density at radius 3 is 2.72 bits per heavy atom. The van der Waals surface area contributed by atoms with Crippen LogP contribution in [0.2, 0.25) is 0 Å². The molecule has 0 radical (unpaired) electrons. The summed E-state index contributed by atoms with van der Waals surface area (Å²) in [5.74, 6) is 0.171. The van der Waals surface area contributed by atoms with Gasteiger partial charge in [0, 0.05) is 24.2 Å². The minimum absolute atomic E-state index is 0.171. The van der Waals surface area contributed by atoms with E-state index in [1.165, 1.54) is 5.56 Å². The largest absolute Gasteiger partial charge is 0.339 e. The van der Waals surface area contributed by atoms with Crippen LogP contribution in [-0.4, -0.2) is 33.4 Å². The molecule has 25 heavy (non-hydrogen) atoms. The molecule has 0 spiro atoms. The van der Waals surface area contributed by atoms with Crippen molar-refractivity contribution in [2.45, 2.75) is 25.3 Å². The summed E-state index contributed by atoms with van der Waals surface area (Å²) < 4.78 is 0. The normalized spacial score (nSPS) is 16.5. The Morgan fingerprint density at radius 1 is 1.16 bits per heavy atom. The van der Waals surface area contributed by atoms with E-state index in [1.807, 2.05) is 34.5 Å². The van der Waals surface area contributed by atoms with E-state index in [0.717, 1.165) is 35.8 Å². The number of rotatable bonds is 5. The number of amides is 1. The third kappa shape index (κ3) is 3.61. The van der Waals surface area contributed by atoms with Crippen LogP contribution < -0.4 is 0 Å². The summed E-state index contributed by atoms with van der Waals surface area (Å²) in [4.78, 5) is 23.5. The van der Waals surface area contributed by atoms with E-state index in [4.69, 9.17) is 0 Å². The minimum atomic E-state index is 0.171. The molecule has 3 aromatic rings. The number of carbonyl (C=O) groups is 1. The first-order chi connectivity index (χ1) is 12.3. The van der Waals surface area contributed by atoms with Crippen molar-refractivity contribution < 1.29 is 4.79 Å². The second-order valence-electron chi connectivity index (χ2n) is 6.26. The molecule has 0 saturated carbocycles. The maximum absolute atomic E-state index is 12.6. The lowest BCUT2D eigenvalue weighted by molar-refractivity contribution is -0.138. The zero-order valence-corrected chi connectivity index (χ0v) is 14.7. The highest BCUT2D eigenvalue weighted by molar-refractivity contribution is 7.13. The van der Waals surface area contributed by atoms with Crippen LogP contribution in [-0.2, 0) is 17.6 Å². The van der Waals surface area contributed by atoms with Crippen LogP contribution in [0.25, 0.3) is 10.7 Å². The summed E-state index contributed by atoms with van der Waals surface area (Å²) >= 11 is 1.54. The quantitative estimate of drug-likeness (QED) is 0.707. The van der Waals surface area contributed by atoms with Crippen LogP contribution in [0, 0.1) is 0 Å². The van der Waals surface area contributed by atoms with Crippen molar-refractivity contribution in [2.24, 2.45) is 0 Å². The average Bonchev–Trinajstić information content (AvgIpc) is 3.09. The molecular formula is C20H19N3OS. The highest BCUT2D eigenvalue weighted by atomic mass is 32.1. The van der Waals surface area contributed by atoms with Crippen molar-refractivity contribution in [3.63, 3.8) is 0 Å². The van der Waals surface area contributed by atoms with E-state index < -0.39 is 0 Å². The zero-order chi connectivity index (χ0) is 17.1. The smallest absolute Gasteiger partial charge is 0.228 e. The highest BCUT2D eigenvalue weighted by Gasteiger charge is 2.32. The van der Waals surface area contributed by atoms with Crippen LogP contribution >= 0.6 is 11.3 Å².